The number of hydrogen-bond acceptors (Lipinski definition) is 2. The van der Waals surface area contributed by atoms with Gasteiger partial charge in [-0.1, -0.05) is 30.3 Å². The van der Waals surface area contributed by atoms with Crippen molar-refractivity contribution in [1.29, 1.82) is 0 Å². The van der Waals surface area contributed by atoms with Crippen LogP contribution in [0, 0.1) is 0 Å². The maximum atomic E-state index is 12.1. The van der Waals surface area contributed by atoms with Crippen molar-refractivity contribution < 1.29 is 4.79 Å². The van der Waals surface area contributed by atoms with E-state index in [0.717, 1.165) is 17.7 Å². The Balaban J connectivity index is 2.03. The summed E-state index contributed by atoms with van der Waals surface area (Å²) in [7, 11) is 0. The van der Waals surface area contributed by atoms with E-state index in [1.54, 1.807) is 6.20 Å². The van der Waals surface area contributed by atoms with Crippen LogP contribution in [-0.2, 0) is 6.42 Å². The van der Waals surface area contributed by atoms with Crippen molar-refractivity contribution in [3.63, 3.8) is 0 Å². The lowest BCUT2D eigenvalue weighted by molar-refractivity contribution is 0.0962. The molecule has 0 spiro atoms. The first-order valence-electron chi connectivity index (χ1n) is 6.04. The normalized spacial score (nSPS) is 18.4. The van der Waals surface area contributed by atoms with Crippen molar-refractivity contribution in [2.24, 2.45) is 0 Å². The zero-order chi connectivity index (χ0) is 12.5. The summed E-state index contributed by atoms with van der Waals surface area (Å²) in [5.74, 6) is 0.121. The number of fused-ring (bicyclic) bond motifs is 1. The average molecular weight is 239 g/mol. The van der Waals surface area contributed by atoms with Crippen molar-refractivity contribution in [2.75, 3.05) is 0 Å². The SMILES string of the molecule is O=C1C[C@H](c2ccccc2)Cc2[nH]ccc(=O)c21. The molecule has 2 aromatic rings. The van der Waals surface area contributed by atoms with Gasteiger partial charge < -0.3 is 4.98 Å². The van der Waals surface area contributed by atoms with Crippen LogP contribution in [0.4, 0.5) is 0 Å². The zero-order valence-electron chi connectivity index (χ0n) is 9.85. The van der Waals surface area contributed by atoms with E-state index < -0.39 is 0 Å². The quantitative estimate of drug-likeness (QED) is 0.830. The number of benzene rings is 1. The molecule has 0 unspecified atom stereocenters. The van der Waals surface area contributed by atoms with Crippen molar-refractivity contribution in [2.45, 2.75) is 18.8 Å². The fourth-order valence-electron chi connectivity index (χ4n) is 2.59. The molecule has 1 aromatic carbocycles. The predicted molar refractivity (Wildman–Crippen MR) is 68.9 cm³/mol. The van der Waals surface area contributed by atoms with Gasteiger partial charge in [-0.05, 0) is 17.9 Å². The molecule has 90 valence electrons. The molecule has 0 saturated heterocycles. The van der Waals surface area contributed by atoms with E-state index in [1.807, 2.05) is 30.3 Å². The minimum Gasteiger partial charge on any atom is -0.364 e. The highest BCUT2D eigenvalue weighted by Gasteiger charge is 2.28. The van der Waals surface area contributed by atoms with Gasteiger partial charge in [0.15, 0.2) is 11.2 Å². The Hall–Kier alpha value is -2.16. The highest BCUT2D eigenvalue weighted by molar-refractivity contribution is 5.98. The van der Waals surface area contributed by atoms with Crippen LogP contribution in [0.5, 0.6) is 0 Å². The van der Waals surface area contributed by atoms with Gasteiger partial charge in [-0.3, -0.25) is 9.59 Å². The zero-order valence-corrected chi connectivity index (χ0v) is 9.85. The van der Waals surface area contributed by atoms with E-state index in [0.29, 0.717) is 12.0 Å². The maximum Gasteiger partial charge on any atom is 0.192 e. The van der Waals surface area contributed by atoms with Gasteiger partial charge in [0.05, 0.1) is 5.56 Å². The molecular formula is C15H13NO2. The van der Waals surface area contributed by atoms with Gasteiger partial charge in [0.25, 0.3) is 0 Å². The lowest BCUT2D eigenvalue weighted by Crippen LogP contribution is -2.26. The largest absolute Gasteiger partial charge is 0.364 e. The lowest BCUT2D eigenvalue weighted by Gasteiger charge is -2.23. The van der Waals surface area contributed by atoms with Crippen LogP contribution in [0.1, 0.15) is 34.0 Å². The number of Topliss-reactive ketones (excluding diaryl/α,β-unsaturated/α-hetero) is 1. The first-order valence-corrected chi connectivity index (χ1v) is 6.04. The Morgan fingerprint density at radius 1 is 1.00 bits per heavy atom. The Morgan fingerprint density at radius 3 is 2.56 bits per heavy atom. The summed E-state index contributed by atoms with van der Waals surface area (Å²) >= 11 is 0. The number of aromatic nitrogens is 1. The van der Waals surface area contributed by atoms with Gasteiger partial charge in [-0.25, -0.2) is 0 Å². The van der Waals surface area contributed by atoms with Crippen LogP contribution in [0.2, 0.25) is 0 Å². The van der Waals surface area contributed by atoms with E-state index in [4.69, 9.17) is 0 Å². The molecule has 0 amide bonds. The summed E-state index contributed by atoms with van der Waals surface area (Å²) in [6.45, 7) is 0. The van der Waals surface area contributed by atoms with Crippen molar-refractivity contribution in [1.82, 2.24) is 4.98 Å². The van der Waals surface area contributed by atoms with Gasteiger partial charge in [0.1, 0.15) is 0 Å². The molecule has 1 N–H and O–H groups in total. The first-order chi connectivity index (χ1) is 8.75. The van der Waals surface area contributed by atoms with Gasteiger partial charge in [0, 0.05) is 24.4 Å². The third-order valence-corrected chi connectivity index (χ3v) is 3.47. The topological polar surface area (TPSA) is 49.9 Å². The molecule has 1 aliphatic carbocycles. The van der Waals surface area contributed by atoms with Crippen LogP contribution in [0.25, 0.3) is 0 Å². The minimum absolute atomic E-state index is 0.0491. The lowest BCUT2D eigenvalue weighted by atomic mass is 9.81. The molecule has 1 aromatic heterocycles. The van der Waals surface area contributed by atoms with Crippen molar-refractivity contribution in [3.8, 4) is 0 Å². The standard InChI is InChI=1S/C15H13NO2/c17-13-6-7-16-12-8-11(9-14(18)15(12)13)10-4-2-1-3-5-10/h1-7,11H,8-9H2,(H,16,17)/t11-/m1/s1. The number of carbonyl (C=O) groups excluding carboxylic acids is 1. The number of carbonyl (C=O) groups is 1. The molecule has 3 nitrogen and oxygen atoms in total. The van der Waals surface area contributed by atoms with Gasteiger partial charge in [-0.2, -0.15) is 0 Å². The Morgan fingerprint density at radius 2 is 1.78 bits per heavy atom. The molecule has 0 aliphatic heterocycles. The Labute approximate surface area is 104 Å². The second kappa shape index (κ2) is 4.26. The molecule has 1 heterocycles. The number of nitrogens with one attached hydrogen (secondary N) is 1. The molecule has 0 fully saturated rings. The number of hydrogen-bond donors (Lipinski definition) is 1. The number of pyridine rings is 1. The third kappa shape index (κ3) is 1.78. The number of ketones is 1. The second-order valence-corrected chi connectivity index (χ2v) is 4.63. The summed E-state index contributed by atoms with van der Waals surface area (Å²) < 4.78 is 0. The Bertz CT molecular complexity index is 643. The second-order valence-electron chi connectivity index (χ2n) is 4.63. The molecule has 3 heteroatoms. The molecule has 18 heavy (non-hydrogen) atoms. The van der Waals surface area contributed by atoms with Crippen LogP contribution in [-0.4, -0.2) is 10.8 Å². The van der Waals surface area contributed by atoms with Crippen molar-refractivity contribution in [3.05, 3.63) is 69.6 Å². The van der Waals surface area contributed by atoms with Gasteiger partial charge in [-0.15, -0.1) is 0 Å². The maximum absolute atomic E-state index is 12.1. The fraction of sp³-hybridized carbons (Fsp3) is 0.200. The summed E-state index contributed by atoms with van der Waals surface area (Å²) in [5, 5.41) is 0. The summed E-state index contributed by atoms with van der Waals surface area (Å²) in [4.78, 5) is 26.8. The number of H-pyrrole nitrogens is 1. The van der Waals surface area contributed by atoms with Crippen molar-refractivity contribution >= 4 is 5.78 Å². The molecule has 0 radical (unpaired) electrons. The smallest absolute Gasteiger partial charge is 0.192 e. The van der Waals surface area contributed by atoms with E-state index in [-0.39, 0.29) is 17.1 Å². The molecule has 3 rings (SSSR count). The first kappa shape index (κ1) is 11.0. The number of rotatable bonds is 1. The van der Waals surface area contributed by atoms with Crippen LogP contribution in [0.3, 0.4) is 0 Å². The molecule has 1 atom stereocenters. The average Bonchev–Trinajstić information content (AvgIpc) is 2.39. The van der Waals surface area contributed by atoms with Gasteiger partial charge in [0.2, 0.25) is 0 Å². The van der Waals surface area contributed by atoms with Crippen LogP contribution < -0.4 is 5.43 Å². The molecule has 1 aliphatic rings. The minimum atomic E-state index is -0.166. The van der Waals surface area contributed by atoms with E-state index in [9.17, 15) is 9.59 Å². The van der Waals surface area contributed by atoms with E-state index in [1.165, 1.54) is 6.07 Å². The molecular weight excluding hydrogens is 226 g/mol. The van der Waals surface area contributed by atoms with Crippen LogP contribution in [0.15, 0.2) is 47.4 Å². The fourth-order valence-corrected chi connectivity index (χ4v) is 2.59. The van der Waals surface area contributed by atoms with Crippen LogP contribution >= 0.6 is 0 Å². The number of aromatic amines is 1. The summed E-state index contributed by atoms with van der Waals surface area (Å²) in [6.07, 6.45) is 2.76. The summed E-state index contributed by atoms with van der Waals surface area (Å²) in [6, 6.07) is 11.4. The summed E-state index contributed by atoms with van der Waals surface area (Å²) in [5.41, 5.74) is 2.11. The van der Waals surface area contributed by atoms with E-state index in [2.05, 4.69) is 4.98 Å². The highest BCUT2D eigenvalue weighted by atomic mass is 16.1. The monoisotopic (exact) mass is 239 g/mol. The van der Waals surface area contributed by atoms with E-state index >= 15 is 0 Å². The highest BCUT2D eigenvalue weighted by Crippen LogP contribution is 2.30. The molecule has 0 saturated carbocycles. The Kier molecular flexibility index (Phi) is 2.59. The third-order valence-electron chi connectivity index (χ3n) is 3.47. The molecule has 0 bridgehead atoms. The predicted octanol–water partition coefficient (Wildman–Crippen LogP) is 2.29. The van der Waals surface area contributed by atoms with Gasteiger partial charge >= 0.3 is 0 Å².